The average Bonchev–Trinajstić information content (AvgIpc) is 2.80. The van der Waals surface area contributed by atoms with Gasteiger partial charge in [-0.2, -0.15) is 8.78 Å². The van der Waals surface area contributed by atoms with E-state index >= 15 is 0 Å². The van der Waals surface area contributed by atoms with Gasteiger partial charge in [0.05, 0.1) is 12.2 Å². The van der Waals surface area contributed by atoms with Gasteiger partial charge in [-0.1, -0.05) is 0 Å². The van der Waals surface area contributed by atoms with Crippen LogP contribution in [0.5, 0.6) is 0 Å². The maximum Gasteiger partial charge on any atom is 0.345 e. The lowest BCUT2D eigenvalue weighted by atomic mass is 10.0. The molecule has 116 valence electrons. The van der Waals surface area contributed by atoms with E-state index in [2.05, 4.69) is 15.4 Å². The van der Waals surface area contributed by atoms with E-state index in [1.54, 1.807) is 12.1 Å². The van der Waals surface area contributed by atoms with Gasteiger partial charge < -0.3 is 15.4 Å². The van der Waals surface area contributed by atoms with Gasteiger partial charge in [0.1, 0.15) is 5.82 Å². The second kappa shape index (κ2) is 5.94. The summed E-state index contributed by atoms with van der Waals surface area (Å²) in [5, 5.41) is 6.54. The lowest BCUT2D eigenvalue weighted by molar-refractivity contribution is -0.127. The summed E-state index contributed by atoms with van der Waals surface area (Å²) in [4.78, 5) is 11.9. The first-order chi connectivity index (χ1) is 10.6. The second-order valence-electron chi connectivity index (χ2n) is 4.92. The molecule has 0 saturated carbocycles. The molecule has 0 bridgehead atoms. The molecule has 7 heteroatoms. The Labute approximate surface area is 124 Å². The number of benzene rings is 2. The Morgan fingerprint density at radius 2 is 2.09 bits per heavy atom. The molecule has 0 atom stereocenters. The van der Waals surface area contributed by atoms with Gasteiger partial charge in [0.25, 0.3) is 5.91 Å². The minimum atomic E-state index is -2.79. The number of amides is 1. The first-order valence-electron chi connectivity index (χ1n) is 6.73. The van der Waals surface area contributed by atoms with Gasteiger partial charge in [-0.05, 0) is 29.8 Å². The maximum absolute atomic E-state index is 14.0. The molecular weight excluding hydrogens is 297 g/mol. The molecule has 0 aromatic heterocycles. The van der Waals surface area contributed by atoms with Gasteiger partial charge >= 0.3 is 6.61 Å². The predicted molar refractivity (Wildman–Crippen MR) is 75.5 cm³/mol. The fourth-order valence-corrected chi connectivity index (χ4v) is 2.54. The minimum Gasteiger partial charge on any atom is -0.322 e. The summed E-state index contributed by atoms with van der Waals surface area (Å²) in [7, 11) is 0. The van der Waals surface area contributed by atoms with Crippen LogP contribution >= 0.6 is 0 Å². The molecule has 0 unspecified atom stereocenters. The molecule has 1 aliphatic rings. The molecule has 1 amide bonds. The summed E-state index contributed by atoms with van der Waals surface area (Å²) in [5.74, 6) is -0.673. The van der Waals surface area contributed by atoms with Crippen LogP contribution < -0.4 is 10.6 Å². The van der Waals surface area contributed by atoms with Crippen LogP contribution in [-0.2, 0) is 11.3 Å². The Morgan fingerprint density at radius 1 is 1.27 bits per heavy atom. The van der Waals surface area contributed by atoms with Gasteiger partial charge in [-0.3, -0.25) is 4.79 Å². The molecule has 1 heterocycles. The third kappa shape index (κ3) is 2.77. The van der Waals surface area contributed by atoms with Crippen LogP contribution in [-0.4, -0.2) is 25.7 Å². The Hall–Kier alpha value is -2.12. The number of carbonyl (C=O) groups is 1. The van der Waals surface area contributed by atoms with Crippen molar-refractivity contribution in [3.8, 4) is 0 Å². The summed E-state index contributed by atoms with van der Waals surface area (Å²) in [6.07, 6.45) is 0. The summed E-state index contributed by atoms with van der Waals surface area (Å²) in [6, 6.07) is 6.17. The van der Waals surface area contributed by atoms with Crippen LogP contribution in [0.3, 0.4) is 0 Å². The summed E-state index contributed by atoms with van der Waals surface area (Å²) in [6.45, 7) is -2.37. The highest BCUT2D eigenvalue weighted by atomic mass is 19.3. The van der Waals surface area contributed by atoms with Crippen molar-refractivity contribution in [2.24, 2.45) is 0 Å². The first kappa shape index (κ1) is 14.8. The fraction of sp³-hybridized carbons (Fsp3) is 0.267. The lowest BCUT2D eigenvalue weighted by Gasteiger charge is -2.08. The van der Waals surface area contributed by atoms with Crippen molar-refractivity contribution in [1.29, 1.82) is 0 Å². The number of halogens is 3. The number of alkyl halides is 2. The predicted octanol–water partition coefficient (Wildman–Crippen LogP) is 2.87. The smallest absolute Gasteiger partial charge is 0.322 e. The molecule has 0 radical (unpaired) electrons. The summed E-state index contributed by atoms with van der Waals surface area (Å²) in [5.41, 5.74) is 1.72. The van der Waals surface area contributed by atoms with Crippen LogP contribution in [0.15, 0.2) is 24.3 Å². The molecule has 0 fully saturated rings. The van der Waals surface area contributed by atoms with E-state index in [1.807, 2.05) is 0 Å². The van der Waals surface area contributed by atoms with Crippen molar-refractivity contribution in [3.63, 3.8) is 0 Å². The molecule has 2 N–H and O–H groups in total. The molecule has 4 nitrogen and oxygen atoms in total. The van der Waals surface area contributed by atoms with Crippen LogP contribution in [0.1, 0.15) is 15.9 Å². The van der Waals surface area contributed by atoms with Gasteiger partial charge in [0, 0.05) is 29.5 Å². The zero-order valence-corrected chi connectivity index (χ0v) is 11.5. The van der Waals surface area contributed by atoms with Crippen molar-refractivity contribution in [2.75, 3.05) is 18.5 Å². The molecular formula is C15H13F3N2O2. The molecule has 3 rings (SSSR count). The maximum atomic E-state index is 14.0. The number of ether oxygens (including phenoxy) is 1. The highest BCUT2D eigenvalue weighted by Crippen LogP contribution is 2.35. The van der Waals surface area contributed by atoms with E-state index < -0.39 is 12.4 Å². The van der Waals surface area contributed by atoms with E-state index in [0.29, 0.717) is 34.1 Å². The van der Waals surface area contributed by atoms with Crippen molar-refractivity contribution in [3.05, 3.63) is 41.2 Å². The van der Waals surface area contributed by atoms with Crippen molar-refractivity contribution < 1.29 is 22.7 Å². The lowest BCUT2D eigenvalue weighted by Crippen LogP contribution is -2.20. The number of carbonyl (C=O) groups excluding carboxylic acids is 1. The Morgan fingerprint density at radius 3 is 2.86 bits per heavy atom. The molecule has 0 aliphatic carbocycles. The van der Waals surface area contributed by atoms with E-state index in [-0.39, 0.29) is 19.1 Å². The third-order valence-corrected chi connectivity index (χ3v) is 3.47. The summed E-state index contributed by atoms with van der Waals surface area (Å²) < 4.78 is 41.7. The van der Waals surface area contributed by atoms with Gasteiger partial charge in [0.2, 0.25) is 0 Å². The Bertz CT molecular complexity index is 734. The average molecular weight is 310 g/mol. The molecule has 2 aromatic carbocycles. The number of nitrogens with one attached hydrogen (secondary N) is 2. The van der Waals surface area contributed by atoms with E-state index in [4.69, 9.17) is 0 Å². The number of rotatable bonds is 6. The second-order valence-corrected chi connectivity index (χ2v) is 4.92. The zero-order chi connectivity index (χ0) is 15.7. The van der Waals surface area contributed by atoms with Crippen LogP contribution in [0.4, 0.5) is 18.9 Å². The number of hydrogen-bond donors (Lipinski definition) is 2. The Kier molecular flexibility index (Phi) is 4.00. The fourth-order valence-electron chi connectivity index (χ4n) is 2.54. The molecule has 22 heavy (non-hydrogen) atoms. The van der Waals surface area contributed by atoms with Gasteiger partial charge in [-0.15, -0.1) is 0 Å². The molecule has 0 spiro atoms. The van der Waals surface area contributed by atoms with Gasteiger partial charge in [0.15, 0.2) is 0 Å². The van der Waals surface area contributed by atoms with E-state index in [0.717, 1.165) is 0 Å². The minimum absolute atomic E-state index is 0.128. The largest absolute Gasteiger partial charge is 0.345 e. The van der Waals surface area contributed by atoms with Crippen LogP contribution in [0.2, 0.25) is 0 Å². The van der Waals surface area contributed by atoms with Crippen molar-refractivity contribution >= 4 is 22.4 Å². The standard InChI is InChI=1S/C15H13F3N2O2/c16-11-1-2-12-13-9(11)5-8(6-10(13)14(21)20-12)7-19-3-4-22-15(17)18/h1-2,5-6,15,19H,3-4,7H2,(H,20,21). The Balaban J connectivity index is 1.79. The van der Waals surface area contributed by atoms with E-state index in [9.17, 15) is 18.0 Å². The zero-order valence-electron chi connectivity index (χ0n) is 11.5. The van der Waals surface area contributed by atoms with E-state index in [1.165, 1.54) is 12.1 Å². The van der Waals surface area contributed by atoms with Crippen LogP contribution in [0, 0.1) is 5.82 Å². The SMILES string of the molecule is O=C1Nc2ccc(F)c3cc(CNCCOC(F)F)cc1c23. The highest BCUT2D eigenvalue weighted by Gasteiger charge is 2.23. The van der Waals surface area contributed by atoms with Crippen molar-refractivity contribution in [2.45, 2.75) is 13.2 Å². The number of hydrogen-bond acceptors (Lipinski definition) is 3. The van der Waals surface area contributed by atoms with Crippen molar-refractivity contribution in [1.82, 2.24) is 5.32 Å². The topological polar surface area (TPSA) is 50.4 Å². The monoisotopic (exact) mass is 310 g/mol. The third-order valence-electron chi connectivity index (χ3n) is 3.47. The highest BCUT2D eigenvalue weighted by molar-refractivity contribution is 6.24. The van der Waals surface area contributed by atoms with Crippen LogP contribution in [0.25, 0.3) is 10.8 Å². The molecule has 0 saturated heterocycles. The quantitative estimate of drug-likeness (QED) is 0.807. The van der Waals surface area contributed by atoms with Gasteiger partial charge in [-0.25, -0.2) is 4.39 Å². The summed E-state index contributed by atoms with van der Waals surface area (Å²) >= 11 is 0. The molecule has 2 aromatic rings. The normalized spacial score (nSPS) is 13.2. The molecule has 1 aliphatic heterocycles. The first-order valence-corrected chi connectivity index (χ1v) is 6.73. The number of anilines is 1.